The van der Waals surface area contributed by atoms with Crippen LogP contribution in [0.2, 0.25) is 5.02 Å². The first-order valence-electron chi connectivity index (χ1n) is 4.64. The van der Waals surface area contributed by atoms with Crippen LogP contribution in [0.4, 0.5) is 5.69 Å². The Bertz CT molecular complexity index is 373. The molecule has 1 N–H and O–H groups in total. The molecular weight excluding hydrogens is 212 g/mol. The maximum absolute atomic E-state index is 8.61. The highest BCUT2D eigenvalue weighted by atomic mass is 35.5. The number of rotatable bonds is 4. The molecule has 0 saturated carbocycles. The molecule has 1 atom stereocenters. The lowest BCUT2D eigenvalue weighted by Crippen LogP contribution is -2.09. The summed E-state index contributed by atoms with van der Waals surface area (Å²) >= 11 is 5.95. The van der Waals surface area contributed by atoms with Gasteiger partial charge in [-0.15, -0.1) is 0 Å². The Labute approximate surface area is 94.6 Å². The Balaban J connectivity index is 2.64. The first-order chi connectivity index (χ1) is 7.17. The summed E-state index contributed by atoms with van der Waals surface area (Å²) in [6.45, 7) is 2.47. The third kappa shape index (κ3) is 3.34. The molecule has 3 nitrogen and oxygen atoms in total. The number of anilines is 1. The van der Waals surface area contributed by atoms with Gasteiger partial charge in [0.25, 0.3) is 0 Å². The molecule has 80 valence electrons. The number of ether oxygens (including phenoxy) is 1. The summed E-state index contributed by atoms with van der Waals surface area (Å²) in [4.78, 5) is 0. The Kier molecular flexibility index (Phi) is 4.26. The molecule has 0 aromatic heterocycles. The van der Waals surface area contributed by atoms with E-state index in [1.54, 1.807) is 19.2 Å². The molecule has 0 aliphatic carbocycles. The molecule has 1 aromatic rings. The van der Waals surface area contributed by atoms with Crippen molar-refractivity contribution < 1.29 is 4.74 Å². The van der Waals surface area contributed by atoms with E-state index in [4.69, 9.17) is 21.6 Å². The SMILES string of the molecule is COc1ccc(NCC(C)C#N)cc1Cl. The van der Waals surface area contributed by atoms with Gasteiger partial charge in [0, 0.05) is 12.2 Å². The van der Waals surface area contributed by atoms with E-state index in [1.807, 2.05) is 13.0 Å². The molecule has 0 radical (unpaired) electrons. The minimum atomic E-state index is -0.0223. The van der Waals surface area contributed by atoms with Gasteiger partial charge in [0.05, 0.1) is 24.1 Å². The number of nitrogens with zero attached hydrogens (tertiary/aromatic N) is 1. The van der Waals surface area contributed by atoms with Gasteiger partial charge in [-0.2, -0.15) is 5.26 Å². The van der Waals surface area contributed by atoms with Crippen molar-refractivity contribution in [2.75, 3.05) is 19.0 Å². The average Bonchev–Trinajstić information content (AvgIpc) is 2.26. The summed E-state index contributed by atoms with van der Waals surface area (Å²) in [6, 6.07) is 7.60. The van der Waals surface area contributed by atoms with Gasteiger partial charge in [0.15, 0.2) is 0 Å². The summed E-state index contributed by atoms with van der Waals surface area (Å²) < 4.78 is 5.03. The van der Waals surface area contributed by atoms with Crippen LogP contribution in [0.1, 0.15) is 6.92 Å². The standard InChI is InChI=1S/C11H13ClN2O/c1-8(6-13)7-14-9-3-4-11(15-2)10(12)5-9/h3-5,8,14H,7H2,1-2H3. The summed E-state index contributed by atoms with van der Waals surface area (Å²) in [7, 11) is 1.58. The van der Waals surface area contributed by atoms with Gasteiger partial charge in [0.1, 0.15) is 5.75 Å². The maximum Gasteiger partial charge on any atom is 0.137 e. The number of halogens is 1. The predicted molar refractivity (Wildman–Crippen MR) is 61.3 cm³/mol. The zero-order chi connectivity index (χ0) is 11.3. The van der Waals surface area contributed by atoms with Crippen molar-refractivity contribution in [3.05, 3.63) is 23.2 Å². The monoisotopic (exact) mass is 224 g/mol. The van der Waals surface area contributed by atoms with Gasteiger partial charge in [-0.25, -0.2) is 0 Å². The van der Waals surface area contributed by atoms with E-state index in [-0.39, 0.29) is 5.92 Å². The van der Waals surface area contributed by atoms with E-state index in [2.05, 4.69) is 11.4 Å². The van der Waals surface area contributed by atoms with Crippen LogP contribution >= 0.6 is 11.6 Å². The molecule has 1 aromatic carbocycles. The molecular formula is C11H13ClN2O. The van der Waals surface area contributed by atoms with E-state index >= 15 is 0 Å². The van der Waals surface area contributed by atoms with Gasteiger partial charge in [-0.05, 0) is 25.1 Å². The fraction of sp³-hybridized carbons (Fsp3) is 0.364. The first-order valence-corrected chi connectivity index (χ1v) is 5.02. The minimum absolute atomic E-state index is 0.0223. The fourth-order valence-electron chi connectivity index (χ4n) is 1.09. The van der Waals surface area contributed by atoms with Crippen molar-refractivity contribution in [1.82, 2.24) is 0 Å². The second kappa shape index (κ2) is 5.47. The zero-order valence-electron chi connectivity index (χ0n) is 8.75. The summed E-state index contributed by atoms with van der Waals surface area (Å²) in [5.74, 6) is 0.626. The number of benzene rings is 1. The van der Waals surface area contributed by atoms with E-state index < -0.39 is 0 Å². The fourth-order valence-corrected chi connectivity index (χ4v) is 1.35. The van der Waals surface area contributed by atoms with E-state index in [0.29, 0.717) is 17.3 Å². The molecule has 4 heteroatoms. The van der Waals surface area contributed by atoms with Crippen molar-refractivity contribution in [3.63, 3.8) is 0 Å². The van der Waals surface area contributed by atoms with Crippen molar-refractivity contribution >= 4 is 17.3 Å². The minimum Gasteiger partial charge on any atom is -0.495 e. The van der Waals surface area contributed by atoms with Crippen LogP contribution in [0.25, 0.3) is 0 Å². The zero-order valence-corrected chi connectivity index (χ0v) is 9.51. The van der Waals surface area contributed by atoms with Crippen molar-refractivity contribution in [2.45, 2.75) is 6.92 Å². The molecule has 0 bridgehead atoms. The molecule has 0 aliphatic heterocycles. The van der Waals surface area contributed by atoms with Crippen LogP contribution in [0.5, 0.6) is 5.75 Å². The van der Waals surface area contributed by atoms with Crippen LogP contribution in [0, 0.1) is 17.2 Å². The molecule has 0 heterocycles. The molecule has 0 saturated heterocycles. The van der Waals surface area contributed by atoms with Gasteiger partial charge in [0.2, 0.25) is 0 Å². The molecule has 0 aliphatic rings. The van der Waals surface area contributed by atoms with E-state index in [1.165, 1.54) is 0 Å². The Morgan fingerprint density at radius 2 is 2.33 bits per heavy atom. The average molecular weight is 225 g/mol. The molecule has 15 heavy (non-hydrogen) atoms. The van der Waals surface area contributed by atoms with Crippen LogP contribution in [-0.4, -0.2) is 13.7 Å². The van der Waals surface area contributed by atoms with E-state index in [9.17, 15) is 0 Å². The third-order valence-electron chi connectivity index (χ3n) is 1.98. The Morgan fingerprint density at radius 3 is 2.87 bits per heavy atom. The molecule has 1 unspecified atom stereocenters. The summed E-state index contributed by atoms with van der Waals surface area (Å²) in [5, 5.41) is 12.3. The number of nitriles is 1. The summed E-state index contributed by atoms with van der Waals surface area (Å²) in [6.07, 6.45) is 0. The van der Waals surface area contributed by atoms with Gasteiger partial charge in [-0.1, -0.05) is 11.6 Å². The predicted octanol–water partition coefficient (Wildman–Crippen LogP) is 2.92. The highest BCUT2D eigenvalue weighted by molar-refractivity contribution is 6.32. The lowest BCUT2D eigenvalue weighted by molar-refractivity contribution is 0.415. The number of methoxy groups -OCH3 is 1. The van der Waals surface area contributed by atoms with Gasteiger partial charge < -0.3 is 10.1 Å². The summed E-state index contributed by atoms with van der Waals surface area (Å²) in [5.41, 5.74) is 0.892. The lowest BCUT2D eigenvalue weighted by atomic mass is 10.2. The highest BCUT2D eigenvalue weighted by Gasteiger charge is 2.03. The van der Waals surface area contributed by atoms with Crippen LogP contribution in [0.3, 0.4) is 0 Å². The van der Waals surface area contributed by atoms with Crippen molar-refractivity contribution in [1.29, 1.82) is 5.26 Å². The topological polar surface area (TPSA) is 45.0 Å². The number of hydrogen-bond acceptors (Lipinski definition) is 3. The number of nitrogens with one attached hydrogen (secondary N) is 1. The van der Waals surface area contributed by atoms with Crippen LogP contribution in [0.15, 0.2) is 18.2 Å². The van der Waals surface area contributed by atoms with Crippen LogP contribution in [-0.2, 0) is 0 Å². The highest BCUT2D eigenvalue weighted by Crippen LogP contribution is 2.27. The Hall–Kier alpha value is -1.40. The smallest absolute Gasteiger partial charge is 0.137 e. The third-order valence-corrected chi connectivity index (χ3v) is 2.28. The number of hydrogen-bond donors (Lipinski definition) is 1. The van der Waals surface area contributed by atoms with Gasteiger partial charge >= 0.3 is 0 Å². The quantitative estimate of drug-likeness (QED) is 0.855. The molecule has 0 spiro atoms. The first kappa shape index (κ1) is 11.7. The Morgan fingerprint density at radius 1 is 1.60 bits per heavy atom. The second-order valence-corrected chi connectivity index (χ2v) is 3.67. The molecule has 1 rings (SSSR count). The normalized spacial score (nSPS) is 11.6. The van der Waals surface area contributed by atoms with Crippen molar-refractivity contribution in [2.24, 2.45) is 5.92 Å². The van der Waals surface area contributed by atoms with Crippen LogP contribution < -0.4 is 10.1 Å². The van der Waals surface area contributed by atoms with E-state index in [0.717, 1.165) is 5.69 Å². The largest absolute Gasteiger partial charge is 0.495 e. The molecule has 0 fully saturated rings. The lowest BCUT2D eigenvalue weighted by Gasteiger charge is -2.09. The van der Waals surface area contributed by atoms with Gasteiger partial charge in [-0.3, -0.25) is 0 Å². The second-order valence-electron chi connectivity index (χ2n) is 3.26. The molecule has 0 amide bonds. The van der Waals surface area contributed by atoms with Crippen molar-refractivity contribution in [3.8, 4) is 11.8 Å². The maximum atomic E-state index is 8.61.